The van der Waals surface area contributed by atoms with Crippen LogP contribution >= 0.6 is 0 Å². The summed E-state index contributed by atoms with van der Waals surface area (Å²) < 4.78 is 5.53. The lowest BCUT2D eigenvalue weighted by atomic mass is 9.84. The van der Waals surface area contributed by atoms with Gasteiger partial charge >= 0.3 is 0 Å². The fourth-order valence-corrected chi connectivity index (χ4v) is 3.72. The van der Waals surface area contributed by atoms with E-state index in [-0.39, 0.29) is 5.54 Å². The van der Waals surface area contributed by atoms with Gasteiger partial charge in [-0.25, -0.2) is 0 Å². The van der Waals surface area contributed by atoms with Crippen LogP contribution in [-0.2, 0) is 17.6 Å². The number of carbonyl (C=O) groups excluding carboxylic acids is 1. The van der Waals surface area contributed by atoms with Crippen LogP contribution < -0.4 is 10.1 Å². The number of ether oxygens (including phenoxy) is 1. The normalized spacial score (nSPS) is 23.9. The minimum Gasteiger partial charge on any atom is -0.493 e. The molecule has 0 spiro atoms. The Morgan fingerprint density at radius 3 is 3.10 bits per heavy atom. The van der Waals surface area contributed by atoms with E-state index in [0.29, 0.717) is 12.2 Å². The zero-order valence-electron chi connectivity index (χ0n) is 12.9. The van der Waals surface area contributed by atoms with E-state index in [4.69, 9.17) is 4.74 Å². The average molecular weight is 287 g/mol. The molecule has 1 aromatic carbocycles. The number of rotatable bonds is 6. The van der Waals surface area contributed by atoms with E-state index in [0.717, 1.165) is 57.4 Å². The number of Topliss-reactive ketones (excluding diaryl/α,β-unsaturated/α-hetero) is 1. The van der Waals surface area contributed by atoms with Crippen molar-refractivity contribution in [3.05, 3.63) is 29.3 Å². The number of fused-ring (bicyclic) bond motifs is 1. The van der Waals surface area contributed by atoms with Gasteiger partial charge in [-0.15, -0.1) is 0 Å². The highest BCUT2D eigenvalue weighted by atomic mass is 16.5. The maximum atomic E-state index is 12.7. The van der Waals surface area contributed by atoms with Crippen LogP contribution in [0.3, 0.4) is 0 Å². The summed E-state index contributed by atoms with van der Waals surface area (Å²) in [7, 11) is 0. The Hall–Kier alpha value is -1.35. The second kappa shape index (κ2) is 6.18. The molecule has 3 heteroatoms. The lowest BCUT2D eigenvalue weighted by molar-refractivity contribution is -0.125. The van der Waals surface area contributed by atoms with Crippen LogP contribution in [0.5, 0.6) is 5.75 Å². The predicted molar refractivity (Wildman–Crippen MR) is 83.8 cm³/mol. The molecular formula is C18H25NO2. The van der Waals surface area contributed by atoms with Crippen LogP contribution in [0.2, 0.25) is 0 Å². The molecule has 1 aromatic rings. The van der Waals surface area contributed by atoms with Crippen LogP contribution in [0.15, 0.2) is 18.2 Å². The standard InChI is InChI=1S/C18H25NO2/c1-2-9-18(10-3-11-19-18)17(20)7-5-14-4-6-16-15(13-14)8-12-21-16/h4,6,13,19H,2-3,5,7-12H2,1H3. The van der Waals surface area contributed by atoms with Crippen LogP contribution in [0.1, 0.15) is 50.2 Å². The fourth-order valence-electron chi connectivity index (χ4n) is 3.72. The smallest absolute Gasteiger partial charge is 0.153 e. The summed E-state index contributed by atoms with van der Waals surface area (Å²) in [6.07, 6.45) is 6.67. The zero-order valence-corrected chi connectivity index (χ0v) is 12.9. The summed E-state index contributed by atoms with van der Waals surface area (Å²) in [6, 6.07) is 6.37. The molecule has 0 aliphatic carbocycles. The number of hydrogen-bond donors (Lipinski definition) is 1. The first-order valence-electron chi connectivity index (χ1n) is 8.26. The highest BCUT2D eigenvalue weighted by Gasteiger charge is 2.38. The van der Waals surface area contributed by atoms with Gasteiger partial charge in [0, 0.05) is 12.8 Å². The van der Waals surface area contributed by atoms with Gasteiger partial charge in [-0.3, -0.25) is 4.79 Å². The van der Waals surface area contributed by atoms with Crippen molar-refractivity contribution in [3.8, 4) is 5.75 Å². The lowest BCUT2D eigenvalue weighted by Gasteiger charge is -2.27. The maximum Gasteiger partial charge on any atom is 0.153 e. The monoisotopic (exact) mass is 287 g/mol. The van der Waals surface area contributed by atoms with E-state index >= 15 is 0 Å². The summed E-state index contributed by atoms with van der Waals surface area (Å²) in [4.78, 5) is 12.7. The van der Waals surface area contributed by atoms with Crippen molar-refractivity contribution in [2.24, 2.45) is 0 Å². The molecule has 2 aliphatic rings. The number of benzene rings is 1. The molecule has 3 rings (SSSR count). The highest BCUT2D eigenvalue weighted by Crippen LogP contribution is 2.29. The zero-order chi connectivity index (χ0) is 14.7. The van der Waals surface area contributed by atoms with Gasteiger partial charge in [0.2, 0.25) is 0 Å². The van der Waals surface area contributed by atoms with Crippen LogP contribution in [-0.4, -0.2) is 24.5 Å². The van der Waals surface area contributed by atoms with E-state index < -0.39 is 0 Å². The van der Waals surface area contributed by atoms with E-state index in [2.05, 4.69) is 30.4 Å². The van der Waals surface area contributed by atoms with Crippen LogP contribution in [0, 0.1) is 0 Å². The molecule has 1 N–H and O–H groups in total. The van der Waals surface area contributed by atoms with E-state index in [1.807, 2.05) is 0 Å². The number of aryl methyl sites for hydroxylation is 1. The third kappa shape index (κ3) is 2.98. The van der Waals surface area contributed by atoms with Crippen molar-refractivity contribution in [3.63, 3.8) is 0 Å². The van der Waals surface area contributed by atoms with Crippen molar-refractivity contribution in [2.75, 3.05) is 13.2 Å². The lowest BCUT2D eigenvalue weighted by Crippen LogP contribution is -2.47. The number of hydrogen-bond acceptors (Lipinski definition) is 3. The topological polar surface area (TPSA) is 38.3 Å². The molecule has 0 radical (unpaired) electrons. The molecule has 2 heterocycles. The first-order chi connectivity index (χ1) is 10.2. The van der Waals surface area contributed by atoms with Gasteiger partial charge in [0.1, 0.15) is 5.75 Å². The van der Waals surface area contributed by atoms with Crippen molar-refractivity contribution in [1.29, 1.82) is 0 Å². The van der Waals surface area contributed by atoms with Gasteiger partial charge in [-0.2, -0.15) is 0 Å². The molecule has 1 fully saturated rings. The van der Waals surface area contributed by atoms with Crippen LogP contribution in [0.4, 0.5) is 0 Å². The Balaban J connectivity index is 1.62. The van der Waals surface area contributed by atoms with Gasteiger partial charge in [-0.05, 0) is 49.4 Å². The maximum absolute atomic E-state index is 12.7. The molecule has 2 aliphatic heterocycles. The Bertz CT molecular complexity index is 518. The van der Waals surface area contributed by atoms with Gasteiger partial charge in [0.05, 0.1) is 12.1 Å². The van der Waals surface area contributed by atoms with Gasteiger partial charge in [0.15, 0.2) is 5.78 Å². The van der Waals surface area contributed by atoms with E-state index in [1.165, 1.54) is 11.1 Å². The number of nitrogens with one attached hydrogen (secondary N) is 1. The largest absolute Gasteiger partial charge is 0.493 e. The highest BCUT2D eigenvalue weighted by molar-refractivity contribution is 5.89. The quantitative estimate of drug-likeness (QED) is 0.874. The van der Waals surface area contributed by atoms with Gasteiger partial charge < -0.3 is 10.1 Å². The fraction of sp³-hybridized carbons (Fsp3) is 0.611. The molecule has 0 saturated carbocycles. The predicted octanol–water partition coefficient (Wildman–Crippen LogP) is 3.05. The third-order valence-corrected chi connectivity index (χ3v) is 4.85. The Kier molecular flexibility index (Phi) is 4.29. The average Bonchev–Trinajstić information content (AvgIpc) is 3.14. The van der Waals surface area contributed by atoms with Gasteiger partial charge in [-0.1, -0.05) is 25.5 Å². The molecule has 21 heavy (non-hydrogen) atoms. The Morgan fingerprint density at radius 2 is 2.33 bits per heavy atom. The Morgan fingerprint density at radius 1 is 1.43 bits per heavy atom. The van der Waals surface area contributed by atoms with Crippen molar-refractivity contribution in [1.82, 2.24) is 5.32 Å². The first kappa shape index (κ1) is 14.6. The summed E-state index contributed by atoms with van der Waals surface area (Å²) in [5.41, 5.74) is 2.33. The second-order valence-electron chi connectivity index (χ2n) is 6.33. The SMILES string of the molecule is CCCC1(C(=O)CCc2ccc3c(c2)CCO3)CCCN1. The molecule has 1 unspecified atom stereocenters. The van der Waals surface area contributed by atoms with Crippen molar-refractivity contribution >= 4 is 5.78 Å². The molecule has 0 aromatic heterocycles. The molecule has 114 valence electrons. The van der Waals surface area contributed by atoms with Crippen LogP contribution in [0.25, 0.3) is 0 Å². The van der Waals surface area contributed by atoms with Crippen molar-refractivity contribution in [2.45, 2.75) is 57.4 Å². The third-order valence-electron chi connectivity index (χ3n) is 4.85. The summed E-state index contributed by atoms with van der Waals surface area (Å²) in [5, 5.41) is 3.48. The minimum absolute atomic E-state index is 0.228. The summed E-state index contributed by atoms with van der Waals surface area (Å²) in [6.45, 7) is 3.94. The molecule has 1 atom stereocenters. The second-order valence-corrected chi connectivity index (χ2v) is 6.33. The summed E-state index contributed by atoms with van der Waals surface area (Å²) in [5.74, 6) is 1.42. The van der Waals surface area contributed by atoms with E-state index in [1.54, 1.807) is 0 Å². The summed E-state index contributed by atoms with van der Waals surface area (Å²) >= 11 is 0. The minimum atomic E-state index is -0.228. The molecular weight excluding hydrogens is 262 g/mol. The first-order valence-corrected chi connectivity index (χ1v) is 8.26. The number of ketones is 1. The molecule has 3 nitrogen and oxygen atoms in total. The molecule has 0 bridgehead atoms. The van der Waals surface area contributed by atoms with Gasteiger partial charge in [0.25, 0.3) is 0 Å². The van der Waals surface area contributed by atoms with E-state index in [9.17, 15) is 4.79 Å². The Labute approximate surface area is 127 Å². The number of carbonyl (C=O) groups is 1. The molecule has 0 amide bonds. The molecule has 1 saturated heterocycles. The van der Waals surface area contributed by atoms with Crippen molar-refractivity contribution < 1.29 is 9.53 Å².